The zero-order valence-electron chi connectivity index (χ0n) is 16.2. The minimum Gasteiger partial charge on any atom is -0.497 e. The van der Waals surface area contributed by atoms with Gasteiger partial charge in [-0.1, -0.05) is 12.1 Å². The second kappa shape index (κ2) is 10.1. The number of nitrogens with zero attached hydrogens (tertiary/aromatic N) is 1. The SMILES string of the molecule is COC(=O)c1ccc(N(CC(=O)NCCc2ccc(OC)cc2)C(C)=O)cc1. The van der Waals surface area contributed by atoms with Gasteiger partial charge in [0.1, 0.15) is 12.3 Å². The van der Waals surface area contributed by atoms with E-state index in [-0.39, 0.29) is 18.4 Å². The maximum atomic E-state index is 12.2. The van der Waals surface area contributed by atoms with Gasteiger partial charge in [0.2, 0.25) is 11.8 Å². The number of benzene rings is 2. The van der Waals surface area contributed by atoms with Crippen molar-refractivity contribution in [1.82, 2.24) is 5.32 Å². The third kappa shape index (κ3) is 5.84. The van der Waals surface area contributed by atoms with E-state index in [9.17, 15) is 14.4 Å². The van der Waals surface area contributed by atoms with Crippen LogP contribution in [0.2, 0.25) is 0 Å². The van der Waals surface area contributed by atoms with Crippen LogP contribution in [0.5, 0.6) is 5.75 Å². The fraction of sp³-hybridized carbons (Fsp3) is 0.286. The van der Waals surface area contributed by atoms with Gasteiger partial charge in [-0.15, -0.1) is 0 Å². The molecule has 0 aliphatic carbocycles. The van der Waals surface area contributed by atoms with Crippen LogP contribution >= 0.6 is 0 Å². The highest BCUT2D eigenvalue weighted by molar-refractivity contribution is 5.98. The quantitative estimate of drug-likeness (QED) is 0.706. The van der Waals surface area contributed by atoms with E-state index in [1.807, 2.05) is 24.3 Å². The van der Waals surface area contributed by atoms with Gasteiger partial charge in [-0.05, 0) is 48.4 Å². The van der Waals surface area contributed by atoms with Crippen molar-refractivity contribution in [3.8, 4) is 5.75 Å². The number of rotatable bonds is 8. The second-order valence-electron chi connectivity index (χ2n) is 6.09. The van der Waals surface area contributed by atoms with Crippen molar-refractivity contribution in [1.29, 1.82) is 0 Å². The molecule has 0 aliphatic heterocycles. The lowest BCUT2D eigenvalue weighted by Crippen LogP contribution is -2.40. The molecule has 2 amide bonds. The summed E-state index contributed by atoms with van der Waals surface area (Å²) in [5.74, 6) is -0.211. The Bertz CT molecular complexity index is 816. The number of amides is 2. The number of ether oxygens (including phenoxy) is 2. The maximum Gasteiger partial charge on any atom is 0.337 e. The third-order valence-corrected chi connectivity index (χ3v) is 4.18. The first-order valence-corrected chi connectivity index (χ1v) is 8.80. The molecule has 2 rings (SSSR count). The number of nitrogens with one attached hydrogen (secondary N) is 1. The Kier molecular flexibility index (Phi) is 7.56. The predicted molar refractivity (Wildman–Crippen MR) is 106 cm³/mol. The molecule has 0 bridgehead atoms. The van der Waals surface area contributed by atoms with Crippen LogP contribution in [0, 0.1) is 0 Å². The Morgan fingerprint density at radius 2 is 1.61 bits per heavy atom. The molecule has 0 radical (unpaired) electrons. The minimum absolute atomic E-state index is 0.102. The molecule has 0 fully saturated rings. The highest BCUT2D eigenvalue weighted by Crippen LogP contribution is 2.16. The van der Waals surface area contributed by atoms with Crippen molar-refractivity contribution >= 4 is 23.5 Å². The summed E-state index contributed by atoms with van der Waals surface area (Å²) in [6, 6.07) is 13.9. The Morgan fingerprint density at radius 1 is 0.964 bits per heavy atom. The number of hydrogen-bond acceptors (Lipinski definition) is 5. The summed E-state index contributed by atoms with van der Waals surface area (Å²) in [6.07, 6.45) is 0.670. The molecule has 28 heavy (non-hydrogen) atoms. The lowest BCUT2D eigenvalue weighted by Gasteiger charge is -2.21. The molecular formula is C21H24N2O5. The van der Waals surface area contributed by atoms with Gasteiger partial charge in [-0.3, -0.25) is 9.59 Å². The molecule has 0 spiro atoms. The van der Waals surface area contributed by atoms with Crippen LogP contribution in [0.4, 0.5) is 5.69 Å². The zero-order chi connectivity index (χ0) is 20.5. The van der Waals surface area contributed by atoms with Crippen LogP contribution < -0.4 is 15.0 Å². The average Bonchev–Trinajstić information content (AvgIpc) is 2.72. The molecule has 0 saturated carbocycles. The summed E-state index contributed by atoms with van der Waals surface area (Å²) >= 11 is 0. The molecule has 2 aromatic carbocycles. The van der Waals surface area contributed by atoms with E-state index in [4.69, 9.17) is 4.74 Å². The Morgan fingerprint density at radius 3 is 2.14 bits per heavy atom. The Hall–Kier alpha value is -3.35. The smallest absolute Gasteiger partial charge is 0.337 e. The molecule has 2 aromatic rings. The van der Waals surface area contributed by atoms with E-state index >= 15 is 0 Å². The Labute approximate surface area is 164 Å². The van der Waals surface area contributed by atoms with Crippen molar-refractivity contribution in [2.45, 2.75) is 13.3 Å². The number of anilines is 1. The molecule has 0 aliphatic rings. The van der Waals surface area contributed by atoms with Crippen molar-refractivity contribution < 1.29 is 23.9 Å². The molecule has 0 unspecified atom stereocenters. The van der Waals surface area contributed by atoms with Crippen molar-refractivity contribution in [3.05, 3.63) is 59.7 Å². The van der Waals surface area contributed by atoms with Crippen LogP contribution in [0.15, 0.2) is 48.5 Å². The molecular weight excluding hydrogens is 360 g/mol. The van der Waals surface area contributed by atoms with Gasteiger partial charge in [0.15, 0.2) is 0 Å². The van der Waals surface area contributed by atoms with E-state index in [2.05, 4.69) is 10.1 Å². The number of hydrogen-bond donors (Lipinski definition) is 1. The fourth-order valence-electron chi connectivity index (χ4n) is 2.62. The van der Waals surface area contributed by atoms with Crippen LogP contribution in [0.25, 0.3) is 0 Å². The van der Waals surface area contributed by atoms with Crippen LogP contribution in [0.1, 0.15) is 22.8 Å². The topological polar surface area (TPSA) is 84.9 Å². The van der Waals surface area contributed by atoms with E-state index in [0.717, 1.165) is 11.3 Å². The van der Waals surface area contributed by atoms with Crippen molar-refractivity contribution in [3.63, 3.8) is 0 Å². The number of methoxy groups -OCH3 is 2. The first kappa shape index (κ1) is 21.0. The van der Waals surface area contributed by atoms with Crippen LogP contribution in [0.3, 0.4) is 0 Å². The van der Waals surface area contributed by atoms with Gasteiger partial charge in [0.05, 0.1) is 19.8 Å². The van der Waals surface area contributed by atoms with Gasteiger partial charge in [-0.25, -0.2) is 4.79 Å². The lowest BCUT2D eigenvalue weighted by molar-refractivity contribution is -0.123. The van der Waals surface area contributed by atoms with Crippen LogP contribution in [-0.4, -0.2) is 45.1 Å². The highest BCUT2D eigenvalue weighted by atomic mass is 16.5. The van der Waals surface area contributed by atoms with Crippen LogP contribution in [-0.2, 0) is 20.7 Å². The zero-order valence-corrected chi connectivity index (χ0v) is 16.2. The number of carbonyl (C=O) groups excluding carboxylic acids is 3. The normalized spacial score (nSPS) is 10.1. The van der Waals surface area contributed by atoms with Gasteiger partial charge in [-0.2, -0.15) is 0 Å². The molecule has 7 nitrogen and oxygen atoms in total. The molecule has 7 heteroatoms. The van der Waals surface area contributed by atoms with Gasteiger partial charge in [0.25, 0.3) is 0 Å². The number of esters is 1. The van der Waals surface area contributed by atoms with E-state index < -0.39 is 5.97 Å². The molecule has 1 N–H and O–H groups in total. The fourth-order valence-corrected chi connectivity index (χ4v) is 2.62. The first-order chi connectivity index (χ1) is 13.4. The molecule has 0 atom stereocenters. The standard InChI is InChI=1S/C21H24N2O5/c1-15(24)23(18-8-6-17(7-9-18)21(26)28-3)14-20(25)22-13-12-16-4-10-19(27-2)11-5-16/h4-11H,12-14H2,1-3H3,(H,22,25). The Balaban J connectivity index is 1.91. The predicted octanol–water partition coefficient (Wildman–Crippen LogP) is 2.19. The van der Waals surface area contributed by atoms with E-state index in [1.54, 1.807) is 31.4 Å². The summed E-state index contributed by atoms with van der Waals surface area (Å²) in [5.41, 5.74) is 1.98. The molecule has 148 valence electrons. The third-order valence-electron chi connectivity index (χ3n) is 4.18. The first-order valence-electron chi connectivity index (χ1n) is 8.80. The van der Waals surface area contributed by atoms with Crippen molar-refractivity contribution in [2.75, 3.05) is 32.2 Å². The summed E-state index contributed by atoms with van der Waals surface area (Å²) in [6.45, 7) is 1.74. The summed E-state index contributed by atoms with van der Waals surface area (Å²) in [7, 11) is 2.91. The minimum atomic E-state index is -0.461. The maximum absolute atomic E-state index is 12.2. The van der Waals surface area contributed by atoms with E-state index in [0.29, 0.717) is 24.2 Å². The van der Waals surface area contributed by atoms with Gasteiger partial charge >= 0.3 is 5.97 Å². The summed E-state index contributed by atoms with van der Waals surface area (Å²) < 4.78 is 9.77. The van der Waals surface area contributed by atoms with Gasteiger partial charge in [0, 0.05) is 19.2 Å². The summed E-state index contributed by atoms with van der Waals surface area (Å²) in [5, 5.41) is 2.82. The largest absolute Gasteiger partial charge is 0.497 e. The average molecular weight is 384 g/mol. The molecule has 0 aromatic heterocycles. The molecule has 0 saturated heterocycles. The monoisotopic (exact) mass is 384 g/mol. The molecule has 0 heterocycles. The van der Waals surface area contributed by atoms with Crippen molar-refractivity contribution in [2.24, 2.45) is 0 Å². The summed E-state index contributed by atoms with van der Waals surface area (Å²) in [4.78, 5) is 37.1. The number of carbonyl (C=O) groups is 3. The highest BCUT2D eigenvalue weighted by Gasteiger charge is 2.16. The lowest BCUT2D eigenvalue weighted by atomic mass is 10.1. The van der Waals surface area contributed by atoms with Gasteiger partial charge < -0.3 is 19.7 Å². The van der Waals surface area contributed by atoms with E-state index in [1.165, 1.54) is 18.9 Å². The second-order valence-corrected chi connectivity index (χ2v) is 6.09.